The molecular weight excluding hydrogens is 302 g/mol. The van der Waals surface area contributed by atoms with E-state index in [1.807, 2.05) is 0 Å². The van der Waals surface area contributed by atoms with Crippen LogP contribution in [0, 0.1) is 5.92 Å². The predicted octanol–water partition coefficient (Wildman–Crippen LogP) is 2.78. The zero-order valence-corrected chi connectivity index (χ0v) is 12.3. The number of alkyl halides is 1. The molecule has 17 heavy (non-hydrogen) atoms. The maximum absolute atomic E-state index is 11.8. The van der Waals surface area contributed by atoms with Gasteiger partial charge in [-0.05, 0) is 30.9 Å². The van der Waals surface area contributed by atoms with Crippen LogP contribution in [0.1, 0.15) is 19.8 Å². The highest BCUT2D eigenvalue weighted by molar-refractivity contribution is 9.09. The fraction of sp³-hybridized carbons (Fsp3) is 0.500. The van der Waals surface area contributed by atoms with Gasteiger partial charge in [0.15, 0.2) is 0 Å². The zero-order chi connectivity index (χ0) is 12.7. The Kier molecular flexibility index (Phi) is 6.16. The topological polar surface area (TPSA) is 46.2 Å². The summed E-state index contributed by atoms with van der Waals surface area (Å²) in [4.78, 5) is 0.327. The summed E-state index contributed by atoms with van der Waals surface area (Å²) >= 11 is 3.40. The molecule has 96 valence electrons. The van der Waals surface area contributed by atoms with E-state index >= 15 is 0 Å². The van der Waals surface area contributed by atoms with Crippen LogP contribution in [0.25, 0.3) is 0 Å². The van der Waals surface area contributed by atoms with Gasteiger partial charge >= 0.3 is 0 Å². The van der Waals surface area contributed by atoms with Gasteiger partial charge in [-0.1, -0.05) is 41.1 Å². The fourth-order valence-corrected chi connectivity index (χ4v) is 2.84. The van der Waals surface area contributed by atoms with Crippen molar-refractivity contribution < 1.29 is 8.42 Å². The average Bonchev–Trinajstić information content (AvgIpc) is 2.35. The van der Waals surface area contributed by atoms with E-state index in [0.29, 0.717) is 17.4 Å². The summed E-state index contributed by atoms with van der Waals surface area (Å²) in [6.07, 6.45) is 1.88. The Labute approximate surface area is 112 Å². The minimum absolute atomic E-state index is 0.327. The van der Waals surface area contributed by atoms with Crippen LogP contribution >= 0.6 is 15.9 Å². The van der Waals surface area contributed by atoms with Crippen LogP contribution in [-0.4, -0.2) is 20.3 Å². The van der Waals surface area contributed by atoms with Gasteiger partial charge in [-0.25, -0.2) is 13.1 Å². The SMILES string of the molecule is CC(CBr)CCCNS(=O)(=O)c1ccccc1. The van der Waals surface area contributed by atoms with Crippen molar-refractivity contribution in [3.63, 3.8) is 0 Å². The third kappa shape index (κ3) is 5.19. The summed E-state index contributed by atoms with van der Waals surface area (Å²) in [7, 11) is -3.33. The van der Waals surface area contributed by atoms with Gasteiger partial charge in [0.1, 0.15) is 0 Å². The Bertz CT molecular complexity index is 419. The zero-order valence-electron chi connectivity index (χ0n) is 9.90. The van der Waals surface area contributed by atoms with Gasteiger partial charge in [0.05, 0.1) is 4.90 Å². The molecule has 0 aliphatic carbocycles. The molecule has 1 unspecified atom stereocenters. The quantitative estimate of drug-likeness (QED) is 0.620. The second-order valence-corrected chi connectivity index (χ2v) is 6.53. The van der Waals surface area contributed by atoms with Crippen molar-refractivity contribution in [1.82, 2.24) is 4.72 Å². The maximum atomic E-state index is 11.8. The predicted molar refractivity (Wildman–Crippen MR) is 73.8 cm³/mol. The van der Waals surface area contributed by atoms with Gasteiger partial charge < -0.3 is 0 Å². The van der Waals surface area contributed by atoms with Crippen LogP contribution in [0.2, 0.25) is 0 Å². The second kappa shape index (κ2) is 7.13. The van der Waals surface area contributed by atoms with Gasteiger partial charge in [0.2, 0.25) is 10.0 Å². The molecule has 1 aromatic rings. The summed E-state index contributed by atoms with van der Waals surface area (Å²) < 4.78 is 26.3. The normalized spacial score (nSPS) is 13.5. The van der Waals surface area contributed by atoms with Gasteiger partial charge in [-0.15, -0.1) is 0 Å². The molecule has 0 bridgehead atoms. The van der Waals surface area contributed by atoms with E-state index in [1.165, 1.54) is 0 Å². The molecule has 0 aliphatic rings. The lowest BCUT2D eigenvalue weighted by molar-refractivity contribution is 0.546. The van der Waals surface area contributed by atoms with E-state index in [9.17, 15) is 8.42 Å². The largest absolute Gasteiger partial charge is 0.240 e. The molecule has 0 spiro atoms. The van der Waals surface area contributed by atoms with Gasteiger partial charge in [0, 0.05) is 11.9 Å². The first-order chi connectivity index (χ1) is 8.06. The molecule has 0 saturated heterocycles. The van der Waals surface area contributed by atoms with E-state index in [2.05, 4.69) is 27.6 Å². The standard InChI is InChI=1S/C12H18BrNO2S/c1-11(10-13)6-5-9-14-17(15,16)12-7-3-2-4-8-12/h2-4,7-8,11,14H,5-6,9-10H2,1H3. The smallest absolute Gasteiger partial charge is 0.211 e. The van der Waals surface area contributed by atoms with Crippen LogP contribution in [0.4, 0.5) is 0 Å². The second-order valence-electron chi connectivity index (χ2n) is 4.11. The highest BCUT2D eigenvalue weighted by Crippen LogP contribution is 2.09. The Morgan fingerprint density at radius 2 is 1.94 bits per heavy atom. The van der Waals surface area contributed by atoms with E-state index < -0.39 is 10.0 Å². The van der Waals surface area contributed by atoms with Crippen molar-refractivity contribution >= 4 is 26.0 Å². The molecule has 0 aliphatic heterocycles. The van der Waals surface area contributed by atoms with Gasteiger partial charge in [0.25, 0.3) is 0 Å². The van der Waals surface area contributed by atoms with E-state index in [-0.39, 0.29) is 0 Å². The molecule has 1 N–H and O–H groups in total. The molecule has 0 fully saturated rings. The van der Waals surface area contributed by atoms with Crippen molar-refractivity contribution in [2.45, 2.75) is 24.7 Å². The third-order valence-corrected chi connectivity index (χ3v) is 5.06. The molecule has 5 heteroatoms. The molecule has 1 atom stereocenters. The lowest BCUT2D eigenvalue weighted by atomic mass is 10.1. The van der Waals surface area contributed by atoms with Crippen LogP contribution in [-0.2, 0) is 10.0 Å². The minimum Gasteiger partial charge on any atom is -0.211 e. The molecule has 0 saturated carbocycles. The van der Waals surface area contributed by atoms with E-state index in [4.69, 9.17) is 0 Å². The van der Waals surface area contributed by atoms with Gasteiger partial charge in [-0.3, -0.25) is 0 Å². The fourth-order valence-electron chi connectivity index (χ4n) is 1.42. The summed E-state index contributed by atoms with van der Waals surface area (Å²) in [6, 6.07) is 8.45. The number of benzene rings is 1. The first-order valence-corrected chi connectivity index (χ1v) is 8.27. The monoisotopic (exact) mass is 319 g/mol. The lowest BCUT2D eigenvalue weighted by Gasteiger charge is -2.09. The Balaban J connectivity index is 2.41. The van der Waals surface area contributed by atoms with Crippen molar-refractivity contribution in [2.24, 2.45) is 5.92 Å². The summed E-state index contributed by atoms with van der Waals surface area (Å²) in [5, 5.41) is 0.957. The highest BCUT2D eigenvalue weighted by Gasteiger charge is 2.12. The van der Waals surface area contributed by atoms with Crippen molar-refractivity contribution in [1.29, 1.82) is 0 Å². The number of sulfonamides is 1. The number of rotatable bonds is 7. The number of halogens is 1. The van der Waals surface area contributed by atoms with Crippen LogP contribution in [0.3, 0.4) is 0 Å². The lowest BCUT2D eigenvalue weighted by Crippen LogP contribution is -2.25. The van der Waals surface area contributed by atoms with Crippen LogP contribution in [0.5, 0.6) is 0 Å². The van der Waals surface area contributed by atoms with E-state index in [1.54, 1.807) is 30.3 Å². The average molecular weight is 320 g/mol. The van der Waals surface area contributed by atoms with Crippen LogP contribution in [0.15, 0.2) is 35.2 Å². The Morgan fingerprint density at radius 3 is 2.53 bits per heavy atom. The van der Waals surface area contributed by atoms with E-state index in [0.717, 1.165) is 18.2 Å². The number of nitrogens with one attached hydrogen (secondary N) is 1. The number of hydrogen-bond donors (Lipinski definition) is 1. The summed E-state index contributed by atoms with van der Waals surface area (Å²) in [6.45, 7) is 2.63. The highest BCUT2D eigenvalue weighted by atomic mass is 79.9. The van der Waals surface area contributed by atoms with Crippen LogP contribution < -0.4 is 4.72 Å². The molecule has 0 radical (unpaired) electrons. The third-order valence-electron chi connectivity index (χ3n) is 2.48. The Morgan fingerprint density at radius 1 is 1.29 bits per heavy atom. The summed E-state index contributed by atoms with van der Waals surface area (Å²) in [5.41, 5.74) is 0. The molecule has 0 amide bonds. The van der Waals surface area contributed by atoms with Crippen molar-refractivity contribution in [3.8, 4) is 0 Å². The minimum atomic E-state index is -3.33. The molecule has 0 aromatic heterocycles. The van der Waals surface area contributed by atoms with Crippen molar-refractivity contribution in [2.75, 3.05) is 11.9 Å². The molecule has 1 rings (SSSR count). The molecule has 3 nitrogen and oxygen atoms in total. The maximum Gasteiger partial charge on any atom is 0.240 e. The van der Waals surface area contributed by atoms with Gasteiger partial charge in [-0.2, -0.15) is 0 Å². The molecular formula is C12H18BrNO2S. The first kappa shape index (κ1) is 14.7. The Hall–Kier alpha value is -0.390. The molecule has 1 aromatic carbocycles. The molecule has 0 heterocycles. The first-order valence-electron chi connectivity index (χ1n) is 5.67. The summed E-state index contributed by atoms with van der Waals surface area (Å²) in [5.74, 6) is 0.580. The van der Waals surface area contributed by atoms with Crippen molar-refractivity contribution in [3.05, 3.63) is 30.3 Å². The number of hydrogen-bond acceptors (Lipinski definition) is 2.